The summed E-state index contributed by atoms with van der Waals surface area (Å²) in [5.74, 6) is 0. The number of ether oxygens (including phenoxy) is 1. The molecule has 18 heavy (non-hydrogen) atoms. The molecule has 0 aromatic heterocycles. The molecule has 0 fully saturated rings. The molecule has 0 aliphatic rings. The van der Waals surface area contributed by atoms with Gasteiger partial charge in [-0.15, -0.1) is 0 Å². The van der Waals surface area contributed by atoms with Crippen LogP contribution in [0.2, 0.25) is 0 Å². The van der Waals surface area contributed by atoms with Crippen molar-refractivity contribution < 1.29 is 4.74 Å². The van der Waals surface area contributed by atoms with E-state index in [1.165, 1.54) is 0 Å². The SMILES string of the molecule is CCCOCCCNc1cc(Br)ccc1C(N)=S. The number of hydrogen-bond acceptors (Lipinski definition) is 3. The van der Waals surface area contributed by atoms with Crippen LogP contribution in [0.3, 0.4) is 0 Å². The first-order chi connectivity index (χ1) is 8.65. The number of anilines is 1. The van der Waals surface area contributed by atoms with Crippen LogP contribution in [0.15, 0.2) is 22.7 Å². The highest BCUT2D eigenvalue weighted by Crippen LogP contribution is 2.21. The first kappa shape index (κ1) is 15.4. The highest BCUT2D eigenvalue weighted by molar-refractivity contribution is 9.10. The highest BCUT2D eigenvalue weighted by atomic mass is 79.9. The van der Waals surface area contributed by atoms with E-state index in [2.05, 4.69) is 28.2 Å². The van der Waals surface area contributed by atoms with Crippen LogP contribution in [0.25, 0.3) is 0 Å². The lowest BCUT2D eigenvalue weighted by Crippen LogP contribution is -2.14. The third kappa shape index (κ3) is 5.33. The Morgan fingerprint density at radius 1 is 1.44 bits per heavy atom. The normalized spacial score (nSPS) is 10.3. The van der Waals surface area contributed by atoms with Crippen molar-refractivity contribution in [3.8, 4) is 0 Å². The van der Waals surface area contributed by atoms with Crippen molar-refractivity contribution in [3.63, 3.8) is 0 Å². The van der Waals surface area contributed by atoms with Crippen LogP contribution in [0.1, 0.15) is 25.3 Å². The van der Waals surface area contributed by atoms with Crippen molar-refractivity contribution in [2.24, 2.45) is 5.73 Å². The standard InChI is InChI=1S/C13H19BrN2OS/c1-2-7-17-8-3-6-16-12-9-10(14)4-5-11(12)13(15)18/h4-5,9,16H,2-3,6-8H2,1H3,(H2,15,18). The summed E-state index contributed by atoms with van der Waals surface area (Å²) < 4.78 is 6.43. The second-order valence-corrected chi connectivity index (χ2v) is 5.30. The fourth-order valence-corrected chi connectivity index (χ4v) is 2.06. The van der Waals surface area contributed by atoms with E-state index >= 15 is 0 Å². The minimum absolute atomic E-state index is 0.409. The van der Waals surface area contributed by atoms with Gasteiger partial charge in [0.2, 0.25) is 0 Å². The van der Waals surface area contributed by atoms with Gasteiger partial charge in [-0.2, -0.15) is 0 Å². The monoisotopic (exact) mass is 330 g/mol. The molecule has 1 aromatic carbocycles. The molecule has 1 rings (SSSR count). The highest BCUT2D eigenvalue weighted by Gasteiger charge is 2.05. The summed E-state index contributed by atoms with van der Waals surface area (Å²) in [4.78, 5) is 0.409. The molecule has 3 nitrogen and oxygen atoms in total. The van der Waals surface area contributed by atoms with Gasteiger partial charge in [0.05, 0.1) is 0 Å². The third-order valence-electron chi connectivity index (χ3n) is 2.38. The molecule has 0 unspecified atom stereocenters. The van der Waals surface area contributed by atoms with E-state index in [0.717, 1.165) is 48.3 Å². The maximum absolute atomic E-state index is 5.69. The predicted octanol–water partition coefficient (Wildman–Crippen LogP) is 3.31. The van der Waals surface area contributed by atoms with Gasteiger partial charge in [-0.1, -0.05) is 35.1 Å². The molecular weight excluding hydrogens is 312 g/mol. The lowest BCUT2D eigenvalue weighted by Gasteiger charge is -2.11. The Morgan fingerprint density at radius 2 is 2.22 bits per heavy atom. The molecule has 5 heteroatoms. The van der Waals surface area contributed by atoms with Crippen LogP contribution < -0.4 is 11.1 Å². The molecule has 0 bridgehead atoms. The number of halogens is 1. The van der Waals surface area contributed by atoms with E-state index in [-0.39, 0.29) is 0 Å². The van der Waals surface area contributed by atoms with Gasteiger partial charge in [-0.05, 0) is 31.0 Å². The Kier molecular flexibility index (Phi) is 7.23. The van der Waals surface area contributed by atoms with Crippen LogP contribution in [-0.4, -0.2) is 24.7 Å². The van der Waals surface area contributed by atoms with Crippen molar-refractivity contribution in [1.82, 2.24) is 0 Å². The molecule has 0 saturated carbocycles. The van der Waals surface area contributed by atoms with Gasteiger partial charge in [-0.25, -0.2) is 0 Å². The average molecular weight is 331 g/mol. The summed E-state index contributed by atoms with van der Waals surface area (Å²) >= 11 is 8.47. The fraction of sp³-hybridized carbons (Fsp3) is 0.462. The van der Waals surface area contributed by atoms with Crippen LogP contribution in [0.5, 0.6) is 0 Å². The van der Waals surface area contributed by atoms with Crippen molar-refractivity contribution in [2.45, 2.75) is 19.8 Å². The fourth-order valence-electron chi connectivity index (χ4n) is 1.52. The third-order valence-corrected chi connectivity index (χ3v) is 3.09. The second-order valence-electron chi connectivity index (χ2n) is 3.95. The van der Waals surface area contributed by atoms with Crippen molar-refractivity contribution in [1.29, 1.82) is 0 Å². The van der Waals surface area contributed by atoms with Crippen LogP contribution in [0, 0.1) is 0 Å². The smallest absolute Gasteiger partial charge is 0.106 e. The number of rotatable bonds is 8. The zero-order chi connectivity index (χ0) is 13.4. The molecule has 0 heterocycles. The summed E-state index contributed by atoms with van der Waals surface area (Å²) in [6.45, 7) is 4.55. The number of benzene rings is 1. The minimum Gasteiger partial charge on any atom is -0.389 e. The Labute approximate surface area is 122 Å². The Bertz CT molecular complexity index is 399. The van der Waals surface area contributed by atoms with Gasteiger partial charge < -0.3 is 15.8 Å². The zero-order valence-corrected chi connectivity index (χ0v) is 12.9. The van der Waals surface area contributed by atoms with Crippen molar-refractivity contribution >= 4 is 38.8 Å². The molecular formula is C13H19BrN2OS. The van der Waals surface area contributed by atoms with Gasteiger partial charge in [0, 0.05) is 35.5 Å². The van der Waals surface area contributed by atoms with E-state index in [1.807, 2.05) is 18.2 Å². The quantitative estimate of drug-likeness (QED) is 0.567. The lowest BCUT2D eigenvalue weighted by atomic mass is 10.2. The summed E-state index contributed by atoms with van der Waals surface area (Å²) in [7, 11) is 0. The summed E-state index contributed by atoms with van der Waals surface area (Å²) in [6, 6.07) is 5.84. The number of hydrogen-bond donors (Lipinski definition) is 2. The largest absolute Gasteiger partial charge is 0.389 e. The Morgan fingerprint density at radius 3 is 2.89 bits per heavy atom. The first-order valence-corrected chi connectivity index (χ1v) is 7.26. The summed E-state index contributed by atoms with van der Waals surface area (Å²) in [5, 5.41) is 3.33. The maximum atomic E-state index is 5.69. The molecule has 3 N–H and O–H groups in total. The molecule has 0 aliphatic heterocycles. The Balaban J connectivity index is 2.45. The Hall–Kier alpha value is -0.650. The summed E-state index contributed by atoms with van der Waals surface area (Å²) in [5.41, 5.74) is 7.53. The summed E-state index contributed by atoms with van der Waals surface area (Å²) in [6.07, 6.45) is 2.02. The van der Waals surface area contributed by atoms with Gasteiger partial charge in [-0.3, -0.25) is 0 Å². The average Bonchev–Trinajstić information content (AvgIpc) is 2.33. The molecule has 0 atom stereocenters. The molecule has 0 saturated heterocycles. The molecule has 0 amide bonds. The zero-order valence-electron chi connectivity index (χ0n) is 10.5. The topological polar surface area (TPSA) is 47.3 Å². The van der Waals surface area contributed by atoms with E-state index in [9.17, 15) is 0 Å². The predicted molar refractivity (Wildman–Crippen MR) is 84.2 cm³/mol. The number of nitrogens with two attached hydrogens (primary N) is 1. The minimum atomic E-state index is 0.409. The number of nitrogens with one attached hydrogen (secondary N) is 1. The molecule has 0 spiro atoms. The van der Waals surface area contributed by atoms with E-state index in [0.29, 0.717) is 4.99 Å². The van der Waals surface area contributed by atoms with E-state index < -0.39 is 0 Å². The van der Waals surface area contributed by atoms with Gasteiger partial charge in [0.25, 0.3) is 0 Å². The maximum Gasteiger partial charge on any atom is 0.106 e. The lowest BCUT2D eigenvalue weighted by molar-refractivity contribution is 0.134. The molecule has 100 valence electrons. The van der Waals surface area contributed by atoms with Gasteiger partial charge in [0.1, 0.15) is 4.99 Å². The number of thiocarbonyl (C=S) groups is 1. The van der Waals surface area contributed by atoms with Crippen molar-refractivity contribution in [3.05, 3.63) is 28.2 Å². The molecule has 1 aromatic rings. The van der Waals surface area contributed by atoms with E-state index in [4.69, 9.17) is 22.7 Å². The van der Waals surface area contributed by atoms with Crippen LogP contribution in [0.4, 0.5) is 5.69 Å². The molecule has 0 aliphatic carbocycles. The van der Waals surface area contributed by atoms with Gasteiger partial charge in [0.15, 0.2) is 0 Å². The van der Waals surface area contributed by atoms with Gasteiger partial charge >= 0.3 is 0 Å². The molecule has 0 radical (unpaired) electrons. The second kappa shape index (κ2) is 8.45. The van der Waals surface area contributed by atoms with Crippen LogP contribution >= 0.6 is 28.1 Å². The van der Waals surface area contributed by atoms with Crippen LogP contribution in [-0.2, 0) is 4.74 Å². The first-order valence-electron chi connectivity index (χ1n) is 6.06. The van der Waals surface area contributed by atoms with E-state index in [1.54, 1.807) is 0 Å². The van der Waals surface area contributed by atoms with Crippen molar-refractivity contribution in [2.75, 3.05) is 25.1 Å².